The molecule has 1 saturated heterocycles. The maximum atomic E-state index is 13.8. The smallest absolute Gasteiger partial charge is 0.228 e. The van der Waals surface area contributed by atoms with E-state index in [1.165, 1.54) is 6.20 Å². The molecule has 236 valence electrons. The summed E-state index contributed by atoms with van der Waals surface area (Å²) < 4.78 is 25.5. The summed E-state index contributed by atoms with van der Waals surface area (Å²) in [6, 6.07) is 18.3. The van der Waals surface area contributed by atoms with Gasteiger partial charge in [-0.05, 0) is 54.2 Å². The van der Waals surface area contributed by atoms with Crippen LogP contribution in [-0.2, 0) is 34.6 Å². The van der Waals surface area contributed by atoms with Crippen LogP contribution in [0.1, 0.15) is 48.6 Å². The minimum Gasteiger partial charge on any atom is -0.503 e. The number of aromatic nitrogens is 4. The first-order valence-corrected chi connectivity index (χ1v) is 17.5. The summed E-state index contributed by atoms with van der Waals surface area (Å²) >= 11 is 0. The van der Waals surface area contributed by atoms with Crippen molar-refractivity contribution in [1.82, 2.24) is 25.1 Å². The standard InChI is InChI=1S/C34H40N6O4S/c1-39-23-29(21-37-39)26-11-13-28(14-12-26)32(34(42)36-20-25-5-3-2-4-6-25)27-9-7-24(8-10-27)19-31-35-22-30(41)33(38-31)40-15-17-45(43,44)18-16-40/h2-6,11-14,21-24,27,32,41H,7-10,15-20H2,1H3,(H,36,42)/t24-,27-,32?. The maximum Gasteiger partial charge on any atom is 0.228 e. The lowest BCUT2D eigenvalue weighted by atomic mass is 9.72. The van der Waals surface area contributed by atoms with Crippen LogP contribution in [0.25, 0.3) is 11.1 Å². The van der Waals surface area contributed by atoms with Gasteiger partial charge in [0.25, 0.3) is 0 Å². The summed E-state index contributed by atoms with van der Waals surface area (Å²) in [7, 11) is -1.14. The molecule has 2 N–H and O–H groups in total. The van der Waals surface area contributed by atoms with Crippen molar-refractivity contribution in [2.45, 2.75) is 44.6 Å². The Balaban J connectivity index is 1.13. The highest BCUT2D eigenvalue weighted by molar-refractivity contribution is 7.91. The monoisotopic (exact) mass is 628 g/mol. The van der Waals surface area contributed by atoms with Gasteiger partial charge < -0.3 is 15.3 Å². The van der Waals surface area contributed by atoms with Crippen LogP contribution in [0.4, 0.5) is 5.82 Å². The molecule has 1 saturated carbocycles. The largest absolute Gasteiger partial charge is 0.503 e. The van der Waals surface area contributed by atoms with Crippen LogP contribution in [0, 0.1) is 11.8 Å². The molecule has 3 heterocycles. The number of carbonyl (C=O) groups excluding carboxylic acids is 1. The second-order valence-electron chi connectivity index (χ2n) is 12.3. The van der Waals surface area contributed by atoms with Crippen molar-refractivity contribution in [2.24, 2.45) is 18.9 Å². The number of aryl methyl sites for hydroxylation is 1. The molecule has 2 aromatic carbocycles. The van der Waals surface area contributed by atoms with Gasteiger partial charge in [0.2, 0.25) is 5.91 Å². The summed E-state index contributed by atoms with van der Waals surface area (Å²) in [5.74, 6) is 1.51. The molecule has 2 aliphatic rings. The Morgan fingerprint density at radius 1 is 0.978 bits per heavy atom. The third-order valence-electron chi connectivity index (χ3n) is 9.18. The van der Waals surface area contributed by atoms with Gasteiger partial charge in [-0.2, -0.15) is 5.10 Å². The zero-order valence-corrected chi connectivity index (χ0v) is 26.4. The molecule has 10 nitrogen and oxygen atoms in total. The number of carbonyl (C=O) groups is 1. The fourth-order valence-corrected chi connectivity index (χ4v) is 7.83. The lowest BCUT2D eigenvalue weighted by molar-refractivity contribution is -0.124. The van der Waals surface area contributed by atoms with E-state index < -0.39 is 9.84 Å². The van der Waals surface area contributed by atoms with Gasteiger partial charge in [0, 0.05) is 44.9 Å². The Morgan fingerprint density at radius 2 is 1.69 bits per heavy atom. The van der Waals surface area contributed by atoms with Crippen LogP contribution in [-0.4, -0.2) is 63.8 Å². The summed E-state index contributed by atoms with van der Waals surface area (Å²) in [5, 5.41) is 17.9. The SMILES string of the molecule is Cn1cc(-c2ccc(C(C(=O)NCc3ccccc3)[C@H]3CC[C@H](Cc4ncc(O)c(N5CCS(=O)(=O)CC5)n4)CC3)cc2)cn1. The van der Waals surface area contributed by atoms with E-state index in [1.807, 2.05) is 54.7 Å². The Bertz CT molecular complexity index is 1700. The molecule has 2 fully saturated rings. The molecular formula is C34H40N6O4S. The predicted molar refractivity (Wildman–Crippen MR) is 173 cm³/mol. The summed E-state index contributed by atoms with van der Waals surface area (Å²) in [6.45, 7) is 1.12. The lowest BCUT2D eigenvalue weighted by Crippen LogP contribution is -2.40. The predicted octanol–water partition coefficient (Wildman–Crippen LogP) is 4.27. The molecule has 0 radical (unpaired) electrons. The fourth-order valence-electron chi connectivity index (χ4n) is 6.63. The van der Waals surface area contributed by atoms with Gasteiger partial charge in [-0.15, -0.1) is 0 Å². The zero-order chi connectivity index (χ0) is 31.4. The minimum atomic E-state index is -3.04. The number of amides is 1. The quantitative estimate of drug-likeness (QED) is 0.281. The number of anilines is 1. The number of aromatic hydroxyl groups is 1. The Kier molecular flexibility index (Phi) is 9.16. The number of nitrogens with one attached hydrogen (secondary N) is 1. The van der Waals surface area contributed by atoms with Gasteiger partial charge in [0.05, 0.1) is 29.8 Å². The van der Waals surface area contributed by atoms with Crippen LogP contribution < -0.4 is 10.2 Å². The van der Waals surface area contributed by atoms with E-state index in [2.05, 4.69) is 44.6 Å². The highest BCUT2D eigenvalue weighted by Gasteiger charge is 2.34. The molecular weight excluding hydrogens is 588 g/mol. The summed E-state index contributed by atoms with van der Waals surface area (Å²) in [5.41, 5.74) is 4.20. The van der Waals surface area contributed by atoms with Crippen molar-refractivity contribution < 1.29 is 18.3 Å². The molecule has 1 aliphatic carbocycles. The zero-order valence-electron chi connectivity index (χ0n) is 25.5. The van der Waals surface area contributed by atoms with Crippen LogP contribution in [0.2, 0.25) is 0 Å². The highest BCUT2D eigenvalue weighted by Crippen LogP contribution is 2.40. The van der Waals surface area contributed by atoms with Gasteiger partial charge in [0.15, 0.2) is 21.4 Å². The van der Waals surface area contributed by atoms with Crippen LogP contribution in [0.5, 0.6) is 5.75 Å². The Labute approximate surface area is 264 Å². The van der Waals surface area contributed by atoms with Gasteiger partial charge in [-0.3, -0.25) is 9.48 Å². The average molecular weight is 629 g/mol. The normalized spacial score (nSPS) is 20.4. The number of sulfone groups is 1. The highest BCUT2D eigenvalue weighted by atomic mass is 32.2. The van der Waals surface area contributed by atoms with Gasteiger partial charge in [0.1, 0.15) is 5.82 Å². The number of hydrogen-bond acceptors (Lipinski definition) is 8. The van der Waals surface area contributed by atoms with Crippen molar-refractivity contribution in [2.75, 3.05) is 29.5 Å². The van der Waals surface area contributed by atoms with E-state index in [4.69, 9.17) is 0 Å². The average Bonchev–Trinajstić information content (AvgIpc) is 3.49. The first-order chi connectivity index (χ1) is 21.7. The first-order valence-electron chi connectivity index (χ1n) is 15.6. The third-order valence-corrected chi connectivity index (χ3v) is 10.8. The first kappa shape index (κ1) is 30.8. The van der Waals surface area contributed by atoms with Crippen molar-refractivity contribution in [3.8, 4) is 16.9 Å². The van der Waals surface area contributed by atoms with Crippen LogP contribution in [0.3, 0.4) is 0 Å². The van der Waals surface area contributed by atoms with E-state index in [1.54, 1.807) is 4.68 Å². The second kappa shape index (κ2) is 13.4. The van der Waals surface area contributed by atoms with Crippen molar-refractivity contribution >= 4 is 21.6 Å². The number of benzene rings is 2. The lowest BCUT2D eigenvalue weighted by Gasteiger charge is -2.33. The van der Waals surface area contributed by atoms with E-state index >= 15 is 0 Å². The molecule has 0 spiro atoms. The topological polar surface area (TPSA) is 130 Å². The summed E-state index contributed by atoms with van der Waals surface area (Å²) in [4.78, 5) is 24.7. The van der Waals surface area contributed by atoms with Crippen molar-refractivity contribution in [3.63, 3.8) is 0 Å². The van der Waals surface area contributed by atoms with E-state index in [0.29, 0.717) is 43.6 Å². The molecule has 45 heavy (non-hydrogen) atoms. The molecule has 0 bridgehead atoms. The van der Waals surface area contributed by atoms with Gasteiger partial charge in [-0.1, -0.05) is 54.6 Å². The molecule has 1 amide bonds. The third kappa shape index (κ3) is 7.53. The molecule has 4 aromatic rings. The van der Waals surface area contributed by atoms with Crippen LogP contribution in [0.15, 0.2) is 73.2 Å². The van der Waals surface area contributed by atoms with Gasteiger partial charge >= 0.3 is 0 Å². The molecule has 1 atom stereocenters. The Hall–Kier alpha value is -4.25. The number of hydrogen-bond donors (Lipinski definition) is 2. The molecule has 2 aromatic heterocycles. The van der Waals surface area contributed by atoms with Crippen molar-refractivity contribution in [3.05, 3.63) is 90.1 Å². The second-order valence-corrected chi connectivity index (χ2v) is 14.6. The van der Waals surface area contributed by atoms with E-state index in [-0.39, 0.29) is 35.0 Å². The Morgan fingerprint density at radius 3 is 2.36 bits per heavy atom. The van der Waals surface area contributed by atoms with E-state index in [0.717, 1.165) is 47.9 Å². The van der Waals surface area contributed by atoms with Gasteiger partial charge in [-0.25, -0.2) is 18.4 Å². The molecule has 1 unspecified atom stereocenters. The fraction of sp³-hybridized carbons (Fsp3) is 0.412. The van der Waals surface area contributed by atoms with Crippen LogP contribution >= 0.6 is 0 Å². The minimum absolute atomic E-state index is 0.0272. The molecule has 6 rings (SSSR count). The molecule has 11 heteroatoms. The number of rotatable bonds is 9. The van der Waals surface area contributed by atoms with Crippen molar-refractivity contribution in [1.29, 1.82) is 0 Å². The number of nitrogens with zero attached hydrogens (tertiary/aromatic N) is 5. The van der Waals surface area contributed by atoms with E-state index in [9.17, 15) is 18.3 Å². The maximum absolute atomic E-state index is 13.8. The molecule has 1 aliphatic heterocycles. The summed E-state index contributed by atoms with van der Waals surface area (Å²) in [6.07, 6.45) is 9.65.